The van der Waals surface area contributed by atoms with Crippen LogP contribution in [-0.4, -0.2) is 16.0 Å². The van der Waals surface area contributed by atoms with E-state index in [0.717, 1.165) is 0 Å². The molecule has 6 heteroatoms. The Bertz CT molecular complexity index is 631. The predicted molar refractivity (Wildman–Crippen MR) is 72.0 cm³/mol. The summed E-state index contributed by atoms with van der Waals surface area (Å²) >= 11 is 1.19. The van der Waals surface area contributed by atoms with Crippen molar-refractivity contribution in [3.8, 4) is 0 Å². The molecule has 0 amide bonds. The van der Waals surface area contributed by atoms with Crippen molar-refractivity contribution in [1.29, 1.82) is 0 Å². The lowest BCUT2D eigenvalue weighted by Gasteiger charge is -2.06. The Morgan fingerprint density at radius 2 is 2.11 bits per heavy atom. The zero-order chi connectivity index (χ0) is 13.8. The second-order valence-electron chi connectivity index (χ2n) is 3.85. The summed E-state index contributed by atoms with van der Waals surface area (Å²) in [7, 11) is 0. The van der Waals surface area contributed by atoms with Crippen molar-refractivity contribution < 1.29 is 9.60 Å². The minimum absolute atomic E-state index is 0.000818. The van der Waals surface area contributed by atoms with Crippen LogP contribution in [0.5, 0.6) is 0 Å². The summed E-state index contributed by atoms with van der Waals surface area (Å²) in [5.74, 6) is -0.304. The fraction of sp³-hybridized carbons (Fsp3) is 0.0769. The normalized spacial score (nSPS) is 11.6. The molecule has 0 bridgehead atoms. The van der Waals surface area contributed by atoms with E-state index in [4.69, 9.17) is 10.9 Å². The maximum Gasteiger partial charge on any atom is 0.170 e. The van der Waals surface area contributed by atoms with Crippen LogP contribution in [0.3, 0.4) is 0 Å². The number of rotatable bonds is 3. The molecule has 1 aromatic carbocycles. The van der Waals surface area contributed by atoms with Crippen molar-refractivity contribution in [1.82, 2.24) is 4.98 Å². The standard InChI is InChI=1S/C13H12FN3OS/c1-8-6-9(13(15)17-18)7-12(16-8)19-11-5-3-2-4-10(11)14/h2-7,18H,1H3,(H2,15,17). The largest absolute Gasteiger partial charge is 0.409 e. The fourth-order valence-electron chi connectivity index (χ4n) is 1.54. The molecule has 2 rings (SSSR count). The van der Waals surface area contributed by atoms with Crippen LogP contribution in [-0.2, 0) is 0 Å². The van der Waals surface area contributed by atoms with E-state index < -0.39 is 0 Å². The van der Waals surface area contributed by atoms with Gasteiger partial charge in [0.25, 0.3) is 0 Å². The molecule has 1 aromatic heterocycles. The molecule has 0 spiro atoms. The maximum absolute atomic E-state index is 13.6. The van der Waals surface area contributed by atoms with E-state index in [1.54, 1.807) is 37.3 Å². The minimum atomic E-state index is -0.304. The Morgan fingerprint density at radius 1 is 1.37 bits per heavy atom. The molecule has 3 N–H and O–H groups in total. The van der Waals surface area contributed by atoms with Crippen LogP contribution in [0.25, 0.3) is 0 Å². The van der Waals surface area contributed by atoms with Gasteiger partial charge >= 0.3 is 0 Å². The first-order valence-corrected chi connectivity index (χ1v) is 6.31. The van der Waals surface area contributed by atoms with Gasteiger partial charge in [0, 0.05) is 16.2 Å². The van der Waals surface area contributed by atoms with E-state index in [2.05, 4.69) is 10.1 Å². The van der Waals surface area contributed by atoms with Crippen LogP contribution in [0.4, 0.5) is 4.39 Å². The smallest absolute Gasteiger partial charge is 0.170 e. The van der Waals surface area contributed by atoms with Crippen molar-refractivity contribution >= 4 is 17.6 Å². The highest BCUT2D eigenvalue weighted by molar-refractivity contribution is 7.99. The van der Waals surface area contributed by atoms with Crippen LogP contribution >= 0.6 is 11.8 Å². The number of oxime groups is 1. The summed E-state index contributed by atoms with van der Waals surface area (Å²) in [6.07, 6.45) is 0. The van der Waals surface area contributed by atoms with Crippen LogP contribution < -0.4 is 5.73 Å². The number of nitrogens with two attached hydrogens (primary N) is 1. The Hall–Kier alpha value is -2.08. The Morgan fingerprint density at radius 3 is 2.79 bits per heavy atom. The SMILES string of the molecule is Cc1cc(/C(N)=N/O)cc(Sc2ccccc2F)n1. The molecule has 0 atom stereocenters. The third-order valence-corrected chi connectivity index (χ3v) is 3.35. The average molecular weight is 277 g/mol. The molecule has 1 heterocycles. The molecule has 19 heavy (non-hydrogen) atoms. The van der Waals surface area contributed by atoms with Gasteiger partial charge in [0.15, 0.2) is 5.84 Å². The van der Waals surface area contributed by atoms with Crippen molar-refractivity contribution in [3.05, 3.63) is 53.5 Å². The van der Waals surface area contributed by atoms with Gasteiger partial charge in [-0.15, -0.1) is 0 Å². The van der Waals surface area contributed by atoms with Gasteiger partial charge in [0.2, 0.25) is 0 Å². The second kappa shape index (κ2) is 5.71. The lowest BCUT2D eigenvalue weighted by Crippen LogP contribution is -2.13. The number of hydrogen-bond donors (Lipinski definition) is 2. The lowest BCUT2D eigenvalue weighted by molar-refractivity contribution is 0.318. The number of aryl methyl sites for hydroxylation is 1. The highest BCUT2D eigenvalue weighted by atomic mass is 32.2. The van der Waals surface area contributed by atoms with Gasteiger partial charge in [-0.05, 0) is 31.2 Å². The lowest BCUT2D eigenvalue weighted by atomic mass is 10.2. The number of benzene rings is 1. The number of amidine groups is 1. The summed E-state index contributed by atoms with van der Waals surface area (Å²) in [5.41, 5.74) is 6.81. The molecule has 0 aliphatic heterocycles. The van der Waals surface area contributed by atoms with E-state index in [1.165, 1.54) is 17.8 Å². The first-order chi connectivity index (χ1) is 9.10. The zero-order valence-electron chi connectivity index (χ0n) is 10.2. The first-order valence-electron chi connectivity index (χ1n) is 5.49. The van der Waals surface area contributed by atoms with Crippen molar-refractivity contribution in [2.75, 3.05) is 0 Å². The van der Waals surface area contributed by atoms with E-state index in [1.807, 2.05) is 0 Å². The number of halogens is 1. The van der Waals surface area contributed by atoms with E-state index >= 15 is 0 Å². The molecule has 0 unspecified atom stereocenters. The molecule has 0 aliphatic rings. The molecular weight excluding hydrogens is 265 g/mol. The summed E-state index contributed by atoms with van der Waals surface area (Å²) in [5, 5.41) is 12.2. The third-order valence-electron chi connectivity index (χ3n) is 2.38. The second-order valence-corrected chi connectivity index (χ2v) is 4.92. The molecule has 0 fully saturated rings. The number of pyridine rings is 1. The first kappa shape index (κ1) is 13.4. The van der Waals surface area contributed by atoms with E-state index in [9.17, 15) is 4.39 Å². The summed E-state index contributed by atoms with van der Waals surface area (Å²) in [4.78, 5) is 4.77. The van der Waals surface area contributed by atoms with Crippen molar-refractivity contribution in [2.24, 2.45) is 10.9 Å². The van der Waals surface area contributed by atoms with Crippen molar-refractivity contribution in [2.45, 2.75) is 16.8 Å². The van der Waals surface area contributed by atoms with Crippen LogP contribution in [0, 0.1) is 12.7 Å². The highest BCUT2D eigenvalue weighted by Gasteiger charge is 2.08. The molecule has 0 radical (unpaired) electrons. The number of aromatic nitrogens is 1. The van der Waals surface area contributed by atoms with Gasteiger partial charge in [-0.2, -0.15) is 0 Å². The third kappa shape index (κ3) is 3.23. The molecular formula is C13H12FN3OS. The number of nitrogens with zero attached hydrogens (tertiary/aromatic N) is 2. The molecule has 0 aliphatic carbocycles. The average Bonchev–Trinajstić information content (AvgIpc) is 2.40. The van der Waals surface area contributed by atoms with Gasteiger partial charge in [0.1, 0.15) is 10.8 Å². The molecule has 98 valence electrons. The quantitative estimate of drug-likeness (QED) is 0.391. The van der Waals surface area contributed by atoms with Gasteiger partial charge in [-0.25, -0.2) is 9.37 Å². The maximum atomic E-state index is 13.6. The highest BCUT2D eigenvalue weighted by Crippen LogP contribution is 2.28. The van der Waals surface area contributed by atoms with Crippen molar-refractivity contribution in [3.63, 3.8) is 0 Å². The fourth-order valence-corrected chi connectivity index (χ4v) is 2.45. The van der Waals surface area contributed by atoms with E-state index in [-0.39, 0.29) is 11.7 Å². The molecule has 4 nitrogen and oxygen atoms in total. The Kier molecular flexibility index (Phi) is 4.01. The Balaban J connectivity index is 2.36. The predicted octanol–water partition coefficient (Wildman–Crippen LogP) is 2.77. The van der Waals surface area contributed by atoms with Gasteiger partial charge in [-0.1, -0.05) is 29.1 Å². The zero-order valence-corrected chi connectivity index (χ0v) is 11.0. The summed E-state index contributed by atoms with van der Waals surface area (Å²) in [6.45, 7) is 1.79. The summed E-state index contributed by atoms with van der Waals surface area (Å²) < 4.78 is 13.6. The van der Waals surface area contributed by atoms with E-state index in [0.29, 0.717) is 21.2 Å². The molecule has 2 aromatic rings. The monoisotopic (exact) mass is 277 g/mol. The van der Waals surface area contributed by atoms with Crippen LogP contribution in [0.1, 0.15) is 11.3 Å². The molecule has 0 saturated carbocycles. The van der Waals surface area contributed by atoms with Gasteiger partial charge in [0.05, 0.1) is 0 Å². The Labute approximate surface area is 114 Å². The van der Waals surface area contributed by atoms with Crippen LogP contribution in [0.2, 0.25) is 0 Å². The van der Waals surface area contributed by atoms with Gasteiger partial charge in [-0.3, -0.25) is 0 Å². The molecule has 0 saturated heterocycles. The van der Waals surface area contributed by atoms with Crippen LogP contribution in [0.15, 0.2) is 51.5 Å². The van der Waals surface area contributed by atoms with Gasteiger partial charge < -0.3 is 10.9 Å². The number of hydrogen-bond acceptors (Lipinski definition) is 4. The topological polar surface area (TPSA) is 71.5 Å². The minimum Gasteiger partial charge on any atom is -0.409 e. The summed E-state index contributed by atoms with van der Waals surface area (Å²) in [6, 6.07) is 9.80.